The maximum Gasteiger partial charge on any atom is 0.253 e. The minimum atomic E-state index is -0.233. The fraction of sp³-hybridized carbons (Fsp3) is 0.444. The molecule has 1 aliphatic heterocycles. The zero-order chi connectivity index (χ0) is 17.9. The van der Waals surface area contributed by atoms with Crippen LogP contribution in [0.5, 0.6) is 0 Å². The number of likely N-dealkylation sites (N-methyl/N-ethyl adjacent to an activating group) is 1. The van der Waals surface area contributed by atoms with Crippen LogP contribution in [0.4, 0.5) is 5.69 Å². The fourth-order valence-electron chi connectivity index (χ4n) is 2.87. The van der Waals surface area contributed by atoms with Gasteiger partial charge in [-0.25, -0.2) is 0 Å². The summed E-state index contributed by atoms with van der Waals surface area (Å²) in [5.74, 6) is 0.0432. The van der Waals surface area contributed by atoms with Gasteiger partial charge in [-0.15, -0.1) is 0 Å². The lowest BCUT2D eigenvalue weighted by atomic mass is 9.94. The second kappa shape index (κ2) is 7.66. The van der Waals surface area contributed by atoms with E-state index in [-0.39, 0.29) is 11.9 Å². The van der Waals surface area contributed by atoms with Crippen molar-refractivity contribution in [3.8, 4) is 0 Å². The van der Waals surface area contributed by atoms with Gasteiger partial charge in [0.1, 0.15) is 0 Å². The predicted molar refractivity (Wildman–Crippen MR) is 103 cm³/mol. The van der Waals surface area contributed by atoms with Crippen LogP contribution in [0.1, 0.15) is 32.4 Å². The number of benzene rings is 1. The van der Waals surface area contributed by atoms with E-state index in [0.717, 1.165) is 22.5 Å². The molecule has 0 unspecified atom stereocenters. The van der Waals surface area contributed by atoms with Gasteiger partial charge in [-0.2, -0.15) is 0 Å². The molecular formula is C18H26N4OS. The molecule has 0 aromatic heterocycles. The topological polar surface area (TPSA) is 47.6 Å². The van der Waals surface area contributed by atoms with Crippen LogP contribution in [-0.4, -0.2) is 43.1 Å². The summed E-state index contributed by atoms with van der Waals surface area (Å²) in [7, 11) is 4.01. The summed E-state index contributed by atoms with van der Waals surface area (Å²) >= 11 is 5.30. The average molecular weight is 347 g/mol. The van der Waals surface area contributed by atoms with Crippen molar-refractivity contribution in [2.45, 2.75) is 26.8 Å². The van der Waals surface area contributed by atoms with E-state index in [4.69, 9.17) is 12.2 Å². The Balaban J connectivity index is 2.42. The van der Waals surface area contributed by atoms with Crippen molar-refractivity contribution < 1.29 is 4.79 Å². The summed E-state index contributed by atoms with van der Waals surface area (Å²) in [5, 5.41) is 6.88. The molecule has 1 aromatic rings. The Morgan fingerprint density at radius 3 is 2.25 bits per heavy atom. The fourth-order valence-corrected chi connectivity index (χ4v) is 3.14. The third-order valence-electron chi connectivity index (χ3n) is 4.29. The molecule has 0 radical (unpaired) electrons. The molecule has 2 N–H and O–H groups in total. The Morgan fingerprint density at radius 2 is 1.75 bits per heavy atom. The van der Waals surface area contributed by atoms with Gasteiger partial charge >= 0.3 is 0 Å². The largest absolute Gasteiger partial charge is 0.378 e. The zero-order valence-corrected chi connectivity index (χ0v) is 15.8. The molecule has 2 rings (SSSR count). The van der Waals surface area contributed by atoms with Crippen molar-refractivity contribution in [1.82, 2.24) is 15.5 Å². The van der Waals surface area contributed by atoms with Crippen molar-refractivity contribution in [3.05, 3.63) is 41.1 Å². The number of thiocarbonyl (C=S) groups is 1. The smallest absolute Gasteiger partial charge is 0.253 e. The van der Waals surface area contributed by atoms with E-state index in [9.17, 15) is 4.79 Å². The highest BCUT2D eigenvalue weighted by atomic mass is 32.1. The van der Waals surface area contributed by atoms with Crippen LogP contribution < -0.4 is 15.5 Å². The SMILES string of the molecule is CCN(CC)C(=O)C1=C(C)NC(=S)N[C@@H]1c1ccc(N(C)C)cc1. The third-order valence-corrected chi connectivity index (χ3v) is 4.51. The first-order chi connectivity index (χ1) is 11.4. The molecule has 6 heteroatoms. The van der Waals surface area contributed by atoms with Gasteiger partial charge in [-0.1, -0.05) is 12.1 Å². The van der Waals surface area contributed by atoms with Crippen molar-refractivity contribution in [1.29, 1.82) is 0 Å². The highest BCUT2D eigenvalue weighted by molar-refractivity contribution is 7.80. The standard InChI is InChI=1S/C18H26N4OS/c1-6-22(7-2)17(23)15-12(3)19-18(24)20-16(15)13-8-10-14(11-9-13)21(4)5/h8-11,16H,6-7H2,1-5H3,(H2,19,20,24)/t16-/m1/s1. The summed E-state index contributed by atoms with van der Waals surface area (Å²) in [6, 6.07) is 7.96. The van der Waals surface area contributed by atoms with Gasteiger partial charge in [0.05, 0.1) is 11.6 Å². The number of anilines is 1. The molecule has 1 aliphatic rings. The number of hydrogen-bond donors (Lipinski definition) is 2. The van der Waals surface area contributed by atoms with Gasteiger partial charge < -0.3 is 20.4 Å². The highest BCUT2D eigenvalue weighted by Gasteiger charge is 2.31. The molecule has 0 saturated carbocycles. The molecule has 130 valence electrons. The number of nitrogens with one attached hydrogen (secondary N) is 2. The number of nitrogens with zero attached hydrogens (tertiary/aromatic N) is 2. The highest BCUT2D eigenvalue weighted by Crippen LogP contribution is 2.29. The first kappa shape index (κ1) is 18.3. The van der Waals surface area contributed by atoms with Crippen LogP contribution in [0, 0.1) is 0 Å². The van der Waals surface area contributed by atoms with Gasteiger partial charge in [-0.3, -0.25) is 4.79 Å². The van der Waals surface area contributed by atoms with Crippen molar-refractivity contribution in [2.24, 2.45) is 0 Å². The average Bonchev–Trinajstić information content (AvgIpc) is 2.55. The second-order valence-electron chi connectivity index (χ2n) is 6.03. The molecule has 0 spiro atoms. The van der Waals surface area contributed by atoms with Crippen molar-refractivity contribution >= 4 is 28.9 Å². The van der Waals surface area contributed by atoms with Gasteiger partial charge in [0.25, 0.3) is 5.91 Å². The number of carbonyl (C=O) groups excluding carboxylic acids is 1. The molecule has 5 nitrogen and oxygen atoms in total. The third kappa shape index (κ3) is 3.70. The Labute approximate surface area is 149 Å². The van der Waals surface area contributed by atoms with Crippen molar-refractivity contribution in [2.75, 3.05) is 32.1 Å². The summed E-state index contributed by atoms with van der Waals surface area (Å²) in [5.41, 5.74) is 3.69. The molecule has 0 saturated heterocycles. The zero-order valence-electron chi connectivity index (χ0n) is 15.0. The van der Waals surface area contributed by atoms with E-state index in [1.165, 1.54) is 0 Å². The quantitative estimate of drug-likeness (QED) is 0.802. The van der Waals surface area contributed by atoms with Crippen LogP contribution in [0.15, 0.2) is 35.5 Å². The van der Waals surface area contributed by atoms with Crippen LogP contribution in [0.3, 0.4) is 0 Å². The molecule has 0 fully saturated rings. The number of hydrogen-bond acceptors (Lipinski definition) is 3. The second-order valence-corrected chi connectivity index (χ2v) is 6.44. The number of carbonyl (C=O) groups is 1. The number of rotatable bonds is 5. The van der Waals surface area contributed by atoms with E-state index in [0.29, 0.717) is 18.2 Å². The maximum absolute atomic E-state index is 13.0. The normalized spacial score (nSPS) is 17.2. The number of allylic oxidation sites excluding steroid dienone is 1. The Bertz CT molecular complexity index is 647. The molecule has 1 amide bonds. The Morgan fingerprint density at radius 1 is 1.17 bits per heavy atom. The monoisotopic (exact) mass is 346 g/mol. The van der Waals surface area contributed by atoms with Crippen LogP contribution in [-0.2, 0) is 4.79 Å². The minimum Gasteiger partial charge on any atom is -0.378 e. The molecule has 1 heterocycles. The maximum atomic E-state index is 13.0. The van der Waals surface area contributed by atoms with E-state index >= 15 is 0 Å². The predicted octanol–water partition coefficient (Wildman–Crippen LogP) is 2.41. The Kier molecular flexibility index (Phi) is 5.83. The van der Waals surface area contributed by atoms with E-state index in [1.807, 2.05) is 56.8 Å². The minimum absolute atomic E-state index is 0.0432. The summed E-state index contributed by atoms with van der Waals surface area (Å²) < 4.78 is 0. The van der Waals surface area contributed by atoms with Crippen LogP contribution >= 0.6 is 12.2 Å². The molecular weight excluding hydrogens is 320 g/mol. The summed E-state index contributed by atoms with van der Waals surface area (Å²) in [4.78, 5) is 16.9. The van der Waals surface area contributed by atoms with Crippen LogP contribution in [0.2, 0.25) is 0 Å². The molecule has 1 aromatic carbocycles. The molecule has 24 heavy (non-hydrogen) atoms. The van der Waals surface area contributed by atoms with Crippen molar-refractivity contribution in [3.63, 3.8) is 0 Å². The molecule has 0 bridgehead atoms. The first-order valence-electron chi connectivity index (χ1n) is 8.23. The van der Waals surface area contributed by atoms with Gasteiger partial charge in [0.2, 0.25) is 0 Å². The number of amides is 1. The Hall–Kier alpha value is -2.08. The summed E-state index contributed by atoms with van der Waals surface area (Å²) in [6.45, 7) is 7.26. The lowest BCUT2D eigenvalue weighted by molar-refractivity contribution is -0.127. The van der Waals surface area contributed by atoms with E-state index < -0.39 is 0 Å². The van der Waals surface area contributed by atoms with Gasteiger partial charge in [-0.05, 0) is 50.7 Å². The van der Waals surface area contributed by atoms with E-state index in [2.05, 4.69) is 22.8 Å². The van der Waals surface area contributed by atoms with Gasteiger partial charge in [0.15, 0.2) is 5.11 Å². The lowest BCUT2D eigenvalue weighted by Crippen LogP contribution is -2.47. The molecule has 0 aliphatic carbocycles. The first-order valence-corrected chi connectivity index (χ1v) is 8.64. The summed E-state index contributed by atoms with van der Waals surface area (Å²) in [6.07, 6.45) is 0. The molecule has 1 atom stereocenters. The van der Waals surface area contributed by atoms with E-state index in [1.54, 1.807) is 0 Å². The van der Waals surface area contributed by atoms with Crippen LogP contribution in [0.25, 0.3) is 0 Å². The van der Waals surface area contributed by atoms with Gasteiger partial charge in [0, 0.05) is 38.6 Å². The lowest BCUT2D eigenvalue weighted by Gasteiger charge is -2.33.